The maximum Gasteiger partial charge on any atom is 0.184 e. The molecular weight excluding hydrogens is 146 g/mol. The van der Waals surface area contributed by atoms with Gasteiger partial charge in [-0.1, -0.05) is 6.92 Å². The highest BCUT2D eigenvalue weighted by Crippen LogP contribution is 2.10. The van der Waals surface area contributed by atoms with E-state index in [1.54, 1.807) is 0 Å². The van der Waals surface area contributed by atoms with Crippen LogP contribution in [-0.2, 0) is 0 Å². The molecule has 2 N–H and O–H groups in total. The maximum atomic E-state index is 5.01. The molecule has 1 saturated heterocycles. The van der Waals surface area contributed by atoms with Crippen molar-refractivity contribution in [3.05, 3.63) is 0 Å². The minimum absolute atomic E-state index is 0.0359. The van der Waals surface area contributed by atoms with E-state index in [0.717, 1.165) is 11.5 Å². The lowest BCUT2D eigenvalue weighted by Gasteiger charge is -2.21. The minimum atomic E-state index is -0.0359. The van der Waals surface area contributed by atoms with Gasteiger partial charge in [0.1, 0.15) is 5.66 Å². The van der Waals surface area contributed by atoms with Gasteiger partial charge in [0, 0.05) is 7.05 Å². The van der Waals surface area contributed by atoms with Crippen molar-refractivity contribution in [2.24, 2.45) is 0 Å². The molecule has 3 nitrogen and oxygen atoms in total. The third-order valence-electron chi connectivity index (χ3n) is 1.81. The lowest BCUT2D eigenvalue weighted by Crippen LogP contribution is -2.47. The molecule has 1 aliphatic rings. The van der Waals surface area contributed by atoms with Crippen molar-refractivity contribution < 1.29 is 0 Å². The summed E-state index contributed by atoms with van der Waals surface area (Å²) in [6.45, 7) is 4.20. The average molecular weight is 159 g/mol. The molecule has 1 aliphatic heterocycles. The van der Waals surface area contributed by atoms with E-state index in [1.165, 1.54) is 0 Å². The summed E-state index contributed by atoms with van der Waals surface area (Å²) in [7, 11) is 1.91. The zero-order chi connectivity index (χ0) is 7.78. The smallest absolute Gasteiger partial charge is 0.184 e. The number of nitrogens with zero attached hydrogens (tertiary/aromatic N) is 1. The van der Waals surface area contributed by atoms with Crippen LogP contribution in [0.4, 0.5) is 0 Å². The van der Waals surface area contributed by atoms with Crippen molar-refractivity contribution >= 4 is 17.3 Å². The van der Waals surface area contributed by atoms with Crippen LogP contribution >= 0.6 is 12.2 Å². The minimum Gasteiger partial charge on any atom is -0.342 e. The zero-order valence-corrected chi connectivity index (χ0v) is 7.38. The Morgan fingerprint density at radius 3 is 2.50 bits per heavy atom. The molecule has 1 fully saturated rings. The molecule has 0 saturated carbocycles. The summed E-state index contributed by atoms with van der Waals surface area (Å²) in [6.07, 6.45) is 1.01. The predicted molar refractivity (Wildman–Crippen MR) is 45.3 cm³/mol. The molecule has 58 valence electrons. The number of hydrogen-bond donors (Lipinski definition) is 2. The van der Waals surface area contributed by atoms with Crippen molar-refractivity contribution in [1.82, 2.24) is 15.8 Å². The zero-order valence-electron chi connectivity index (χ0n) is 6.56. The van der Waals surface area contributed by atoms with Gasteiger partial charge in [-0.2, -0.15) is 0 Å². The van der Waals surface area contributed by atoms with E-state index in [9.17, 15) is 0 Å². The van der Waals surface area contributed by atoms with Gasteiger partial charge < -0.3 is 5.32 Å². The first-order valence-electron chi connectivity index (χ1n) is 3.41. The van der Waals surface area contributed by atoms with E-state index in [2.05, 4.69) is 24.6 Å². The molecule has 0 bridgehead atoms. The van der Waals surface area contributed by atoms with Crippen LogP contribution in [0.2, 0.25) is 0 Å². The third-order valence-corrected chi connectivity index (χ3v) is 2.18. The Bertz CT molecular complexity index is 159. The second-order valence-electron chi connectivity index (χ2n) is 2.79. The molecule has 0 spiro atoms. The summed E-state index contributed by atoms with van der Waals surface area (Å²) >= 11 is 5.01. The van der Waals surface area contributed by atoms with Crippen LogP contribution in [0, 0.1) is 0 Å². The SMILES string of the molecule is CCC1(C)NC(=S)N(C)N1. The van der Waals surface area contributed by atoms with Crippen molar-refractivity contribution in [2.75, 3.05) is 7.05 Å². The van der Waals surface area contributed by atoms with Gasteiger partial charge in [0.15, 0.2) is 5.11 Å². The first kappa shape index (κ1) is 7.75. The number of hydrazine groups is 1. The van der Waals surface area contributed by atoms with E-state index < -0.39 is 0 Å². The van der Waals surface area contributed by atoms with Crippen LogP contribution in [-0.4, -0.2) is 22.8 Å². The Hall–Kier alpha value is -0.350. The van der Waals surface area contributed by atoms with Crippen LogP contribution in [0.25, 0.3) is 0 Å². The lowest BCUT2D eigenvalue weighted by molar-refractivity contribution is 0.255. The van der Waals surface area contributed by atoms with Crippen LogP contribution < -0.4 is 10.7 Å². The molecule has 0 amide bonds. The molecule has 1 heterocycles. The highest BCUT2D eigenvalue weighted by atomic mass is 32.1. The molecule has 0 aliphatic carbocycles. The van der Waals surface area contributed by atoms with Crippen molar-refractivity contribution in [3.63, 3.8) is 0 Å². The Morgan fingerprint density at radius 1 is 1.70 bits per heavy atom. The van der Waals surface area contributed by atoms with Gasteiger partial charge in [0.25, 0.3) is 0 Å². The lowest BCUT2D eigenvalue weighted by atomic mass is 10.2. The maximum absolute atomic E-state index is 5.01. The molecule has 10 heavy (non-hydrogen) atoms. The number of hydrogen-bond acceptors (Lipinski definition) is 2. The van der Waals surface area contributed by atoms with Crippen molar-refractivity contribution in [2.45, 2.75) is 25.9 Å². The third kappa shape index (κ3) is 1.22. The fourth-order valence-electron chi connectivity index (χ4n) is 0.936. The van der Waals surface area contributed by atoms with E-state index in [-0.39, 0.29) is 5.66 Å². The monoisotopic (exact) mass is 159 g/mol. The molecule has 1 rings (SSSR count). The van der Waals surface area contributed by atoms with Crippen molar-refractivity contribution in [3.8, 4) is 0 Å². The van der Waals surface area contributed by atoms with Crippen molar-refractivity contribution in [1.29, 1.82) is 0 Å². The van der Waals surface area contributed by atoms with E-state index in [0.29, 0.717) is 0 Å². The summed E-state index contributed by atoms with van der Waals surface area (Å²) in [5.41, 5.74) is 3.17. The van der Waals surface area contributed by atoms with Gasteiger partial charge in [-0.3, -0.25) is 5.01 Å². The molecular formula is C6H13N3S. The Kier molecular flexibility index (Phi) is 1.83. The molecule has 1 atom stereocenters. The molecule has 0 aromatic heterocycles. The van der Waals surface area contributed by atoms with Gasteiger partial charge in [0.2, 0.25) is 0 Å². The fourth-order valence-corrected chi connectivity index (χ4v) is 1.21. The molecule has 1 unspecified atom stereocenters. The number of thiocarbonyl (C=S) groups is 1. The molecule has 0 aromatic carbocycles. The van der Waals surface area contributed by atoms with Crippen LogP contribution in [0.3, 0.4) is 0 Å². The summed E-state index contributed by atoms with van der Waals surface area (Å²) in [4.78, 5) is 0. The summed E-state index contributed by atoms with van der Waals surface area (Å²) in [5, 5.41) is 5.78. The van der Waals surface area contributed by atoms with Gasteiger partial charge in [-0.05, 0) is 25.6 Å². The first-order chi connectivity index (χ1) is 4.57. The standard InChI is InChI=1S/C6H13N3S/c1-4-6(2)7-5(10)9(3)8-6/h8H,4H2,1-3H3,(H,7,10). The number of rotatable bonds is 1. The van der Waals surface area contributed by atoms with Crippen LogP contribution in [0.5, 0.6) is 0 Å². The van der Waals surface area contributed by atoms with Gasteiger partial charge >= 0.3 is 0 Å². The topological polar surface area (TPSA) is 27.3 Å². The quantitative estimate of drug-likeness (QED) is 0.543. The summed E-state index contributed by atoms with van der Waals surface area (Å²) in [5.74, 6) is 0. The number of nitrogens with one attached hydrogen (secondary N) is 2. The largest absolute Gasteiger partial charge is 0.342 e. The molecule has 4 heteroatoms. The second kappa shape index (κ2) is 2.36. The summed E-state index contributed by atoms with van der Waals surface area (Å²) in [6, 6.07) is 0. The van der Waals surface area contributed by atoms with Gasteiger partial charge in [0.05, 0.1) is 0 Å². The Balaban J connectivity index is 2.64. The highest BCUT2D eigenvalue weighted by Gasteiger charge is 2.31. The molecule has 0 aromatic rings. The normalized spacial score (nSPS) is 32.7. The van der Waals surface area contributed by atoms with Gasteiger partial charge in [-0.15, -0.1) is 0 Å². The van der Waals surface area contributed by atoms with E-state index in [4.69, 9.17) is 12.2 Å². The average Bonchev–Trinajstić information content (AvgIpc) is 2.10. The van der Waals surface area contributed by atoms with Crippen LogP contribution in [0.15, 0.2) is 0 Å². The van der Waals surface area contributed by atoms with Gasteiger partial charge in [-0.25, -0.2) is 5.43 Å². The highest BCUT2D eigenvalue weighted by molar-refractivity contribution is 7.80. The molecule has 0 radical (unpaired) electrons. The second-order valence-corrected chi connectivity index (χ2v) is 3.17. The van der Waals surface area contributed by atoms with E-state index >= 15 is 0 Å². The fraction of sp³-hybridized carbons (Fsp3) is 0.833. The predicted octanol–water partition coefficient (Wildman–Crippen LogP) is 0.437. The Morgan fingerprint density at radius 2 is 2.30 bits per heavy atom. The Labute approximate surface area is 66.7 Å². The van der Waals surface area contributed by atoms with E-state index in [1.807, 2.05) is 12.1 Å². The first-order valence-corrected chi connectivity index (χ1v) is 3.82. The van der Waals surface area contributed by atoms with Crippen LogP contribution in [0.1, 0.15) is 20.3 Å². The summed E-state index contributed by atoms with van der Waals surface area (Å²) < 4.78 is 0.